The summed E-state index contributed by atoms with van der Waals surface area (Å²) in [5, 5.41) is 10.4. The Hall–Kier alpha value is -1.99. The van der Waals surface area contributed by atoms with E-state index in [1.54, 1.807) is 6.20 Å². The molecule has 1 aliphatic carbocycles. The lowest BCUT2D eigenvalue weighted by atomic mass is 10.2. The second-order valence-corrected chi connectivity index (χ2v) is 7.28. The number of rotatable bonds is 2. The zero-order valence-electron chi connectivity index (χ0n) is 12.0. The highest BCUT2D eigenvalue weighted by molar-refractivity contribution is 7.22. The Kier molecular flexibility index (Phi) is 2.43. The maximum Gasteiger partial charge on any atom is 0.268 e. The number of aromatic nitrogens is 4. The van der Waals surface area contributed by atoms with E-state index in [0.29, 0.717) is 10.6 Å². The van der Waals surface area contributed by atoms with Gasteiger partial charge in [0.2, 0.25) is 0 Å². The molecule has 22 heavy (non-hydrogen) atoms. The molecule has 6 nitrogen and oxygen atoms in total. The predicted octanol–water partition coefficient (Wildman–Crippen LogP) is 1.96. The minimum atomic E-state index is -0.0386. The Bertz CT molecular complexity index is 939. The molecular formula is C15H15N5OS. The Morgan fingerprint density at radius 1 is 1.41 bits per heavy atom. The van der Waals surface area contributed by atoms with E-state index in [1.807, 2.05) is 13.0 Å². The van der Waals surface area contributed by atoms with Crippen LogP contribution in [0.2, 0.25) is 0 Å². The van der Waals surface area contributed by atoms with Crippen LogP contribution in [0.4, 0.5) is 0 Å². The topological polar surface area (TPSA) is 86.5 Å². The first-order valence-electron chi connectivity index (χ1n) is 7.48. The molecule has 3 N–H and O–H groups in total. The van der Waals surface area contributed by atoms with Crippen molar-refractivity contribution in [2.45, 2.75) is 19.4 Å². The van der Waals surface area contributed by atoms with Gasteiger partial charge in [-0.1, -0.05) is 0 Å². The van der Waals surface area contributed by atoms with Gasteiger partial charge in [-0.25, -0.2) is 4.98 Å². The molecule has 5 rings (SSSR count). The number of hydrogen-bond donors (Lipinski definition) is 3. The average Bonchev–Trinajstić information content (AvgIpc) is 2.89. The molecule has 1 saturated carbocycles. The lowest BCUT2D eigenvalue weighted by molar-refractivity contribution is 0.532. The number of aromatic amines is 2. The van der Waals surface area contributed by atoms with Crippen molar-refractivity contribution in [1.29, 1.82) is 0 Å². The summed E-state index contributed by atoms with van der Waals surface area (Å²) in [6.45, 7) is 3.02. The molecule has 2 fully saturated rings. The summed E-state index contributed by atoms with van der Waals surface area (Å²) in [7, 11) is 0. The SMILES string of the molecule is Cc1[nH]ncc1-c1cc2nc([C@H]3NC[C@@H]4C[C@@H]43)[nH]c(=O)c2s1. The maximum absolute atomic E-state index is 12.4. The molecule has 3 atom stereocenters. The van der Waals surface area contributed by atoms with Crippen LogP contribution in [0.3, 0.4) is 0 Å². The number of nitrogens with zero attached hydrogens (tertiary/aromatic N) is 2. The monoisotopic (exact) mass is 313 g/mol. The van der Waals surface area contributed by atoms with Crippen molar-refractivity contribution in [3.8, 4) is 10.4 Å². The predicted molar refractivity (Wildman–Crippen MR) is 84.9 cm³/mol. The normalized spacial score (nSPS) is 26.5. The Labute approximate surface area is 130 Å². The smallest absolute Gasteiger partial charge is 0.268 e. The molecule has 0 unspecified atom stereocenters. The molecule has 3 aromatic heterocycles. The van der Waals surface area contributed by atoms with Crippen molar-refractivity contribution in [3.63, 3.8) is 0 Å². The van der Waals surface area contributed by atoms with Gasteiger partial charge in [0.15, 0.2) is 0 Å². The van der Waals surface area contributed by atoms with Crippen molar-refractivity contribution in [1.82, 2.24) is 25.5 Å². The van der Waals surface area contributed by atoms with E-state index in [0.717, 1.165) is 39.9 Å². The summed E-state index contributed by atoms with van der Waals surface area (Å²) >= 11 is 1.47. The van der Waals surface area contributed by atoms with Crippen LogP contribution in [-0.2, 0) is 0 Å². The number of H-pyrrole nitrogens is 2. The zero-order chi connectivity index (χ0) is 14.8. The van der Waals surface area contributed by atoms with Crippen LogP contribution in [0.25, 0.3) is 20.7 Å². The second kappa shape index (κ2) is 4.27. The van der Waals surface area contributed by atoms with Crippen LogP contribution in [0, 0.1) is 18.8 Å². The van der Waals surface area contributed by atoms with Gasteiger partial charge in [-0.3, -0.25) is 9.89 Å². The molecule has 0 bridgehead atoms. The van der Waals surface area contributed by atoms with E-state index in [2.05, 4.69) is 20.5 Å². The van der Waals surface area contributed by atoms with Gasteiger partial charge in [0.25, 0.3) is 5.56 Å². The van der Waals surface area contributed by atoms with E-state index < -0.39 is 0 Å². The van der Waals surface area contributed by atoms with E-state index in [9.17, 15) is 4.79 Å². The number of aryl methyl sites for hydroxylation is 1. The van der Waals surface area contributed by atoms with Crippen LogP contribution in [-0.4, -0.2) is 26.7 Å². The van der Waals surface area contributed by atoms with Gasteiger partial charge < -0.3 is 10.3 Å². The van der Waals surface area contributed by atoms with Gasteiger partial charge in [-0.15, -0.1) is 11.3 Å². The third-order valence-corrected chi connectivity index (χ3v) is 5.95. The standard InChI is InChI=1S/C15H15N5OS/c1-6-9(5-17-20-6)11-3-10-13(22-11)15(21)19-14(18-10)12-8-2-7(8)4-16-12/h3,5,7-8,12,16H,2,4H2,1H3,(H,17,20)(H,18,19,21)/t7-,8-,12-/m0/s1. The molecule has 0 radical (unpaired) electrons. The summed E-state index contributed by atoms with van der Waals surface area (Å²) in [6, 6.07) is 2.21. The molecule has 3 aromatic rings. The van der Waals surface area contributed by atoms with Gasteiger partial charge in [0, 0.05) is 16.1 Å². The van der Waals surface area contributed by atoms with Crippen LogP contribution in [0.15, 0.2) is 17.1 Å². The largest absolute Gasteiger partial charge is 0.308 e. The molecule has 0 aromatic carbocycles. The Balaban J connectivity index is 1.64. The zero-order valence-corrected chi connectivity index (χ0v) is 12.8. The first-order chi connectivity index (χ1) is 10.7. The van der Waals surface area contributed by atoms with Crippen molar-refractivity contribution < 1.29 is 0 Å². The molecule has 1 aliphatic heterocycles. The number of piperidine rings is 1. The number of thiophene rings is 1. The molecule has 112 valence electrons. The molecular weight excluding hydrogens is 298 g/mol. The lowest BCUT2D eigenvalue weighted by Crippen LogP contribution is -2.23. The van der Waals surface area contributed by atoms with Crippen molar-refractivity contribution >= 4 is 21.6 Å². The van der Waals surface area contributed by atoms with Crippen LogP contribution in [0.1, 0.15) is 24.0 Å². The average molecular weight is 313 g/mol. The van der Waals surface area contributed by atoms with E-state index in [4.69, 9.17) is 4.98 Å². The highest BCUT2D eigenvalue weighted by Gasteiger charge is 2.49. The van der Waals surface area contributed by atoms with Crippen molar-refractivity contribution in [3.05, 3.63) is 34.1 Å². The third kappa shape index (κ3) is 1.72. The summed E-state index contributed by atoms with van der Waals surface area (Å²) < 4.78 is 0.685. The van der Waals surface area contributed by atoms with Crippen LogP contribution >= 0.6 is 11.3 Å². The molecule has 7 heteroatoms. The van der Waals surface area contributed by atoms with Gasteiger partial charge in [-0.05, 0) is 37.8 Å². The number of nitrogens with one attached hydrogen (secondary N) is 3. The minimum absolute atomic E-state index is 0.0386. The molecule has 2 aliphatic rings. The summed E-state index contributed by atoms with van der Waals surface area (Å²) in [5.74, 6) is 2.21. The quantitative estimate of drug-likeness (QED) is 0.675. The maximum atomic E-state index is 12.4. The number of fused-ring (bicyclic) bond motifs is 2. The number of hydrogen-bond acceptors (Lipinski definition) is 5. The van der Waals surface area contributed by atoms with Crippen molar-refractivity contribution in [2.24, 2.45) is 11.8 Å². The van der Waals surface area contributed by atoms with Gasteiger partial charge >= 0.3 is 0 Å². The summed E-state index contributed by atoms with van der Waals surface area (Å²) in [4.78, 5) is 21.1. The highest BCUT2D eigenvalue weighted by Crippen LogP contribution is 2.50. The van der Waals surface area contributed by atoms with Gasteiger partial charge in [-0.2, -0.15) is 5.10 Å². The fourth-order valence-electron chi connectivity index (χ4n) is 3.48. The van der Waals surface area contributed by atoms with E-state index in [-0.39, 0.29) is 11.6 Å². The Morgan fingerprint density at radius 3 is 3.00 bits per heavy atom. The third-order valence-electron chi connectivity index (χ3n) is 4.80. The lowest BCUT2D eigenvalue weighted by Gasteiger charge is -2.11. The summed E-state index contributed by atoms with van der Waals surface area (Å²) in [5.41, 5.74) is 2.78. The van der Waals surface area contributed by atoms with Gasteiger partial charge in [0.1, 0.15) is 10.5 Å². The molecule has 0 amide bonds. The fraction of sp³-hybridized carbons (Fsp3) is 0.400. The van der Waals surface area contributed by atoms with Crippen LogP contribution < -0.4 is 10.9 Å². The van der Waals surface area contributed by atoms with E-state index in [1.165, 1.54) is 17.8 Å². The fourth-order valence-corrected chi connectivity index (χ4v) is 4.54. The molecule has 0 spiro atoms. The van der Waals surface area contributed by atoms with E-state index >= 15 is 0 Å². The van der Waals surface area contributed by atoms with Gasteiger partial charge in [0.05, 0.1) is 17.8 Å². The Morgan fingerprint density at radius 2 is 2.32 bits per heavy atom. The highest BCUT2D eigenvalue weighted by atomic mass is 32.1. The molecule has 4 heterocycles. The first-order valence-corrected chi connectivity index (χ1v) is 8.30. The van der Waals surface area contributed by atoms with Crippen molar-refractivity contribution in [2.75, 3.05) is 6.54 Å². The second-order valence-electron chi connectivity index (χ2n) is 6.23. The first kappa shape index (κ1) is 12.5. The summed E-state index contributed by atoms with van der Waals surface area (Å²) in [6.07, 6.45) is 3.05. The molecule has 1 saturated heterocycles. The minimum Gasteiger partial charge on any atom is -0.308 e. The van der Waals surface area contributed by atoms with Crippen LogP contribution in [0.5, 0.6) is 0 Å².